The van der Waals surface area contributed by atoms with Gasteiger partial charge in [0.15, 0.2) is 0 Å². The van der Waals surface area contributed by atoms with E-state index in [9.17, 15) is 4.79 Å². The zero-order valence-electron chi connectivity index (χ0n) is 10.5. The number of carbonyl (C=O) groups is 1. The molecule has 3 atom stereocenters. The highest BCUT2D eigenvalue weighted by Gasteiger charge is 2.71. The summed E-state index contributed by atoms with van der Waals surface area (Å²) in [6, 6.07) is 8.34. The summed E-state index contributed by atoms with van der Waals surface area (Å²) in [5.74, 6) is 0.749. The number of ether oxygens (including phenoxy) is 1. The maximum atomic E-state index is 12.2. The molecule has 1 aliphatic heterocycles. The molecule has 0 radical (unpaired) electrons. The van der Waals surface area contributed by atoms with Crippen LogP contribution in [0.4, 0.5) is 0 Å². The summed E-state index contributed by atoms with van der Waals surface area (Å²) in [6.07, 6.45) is 6.23. The van der Waals surface area contributed by atoms with Crippen LogP contribution in [0.3, 0.4) is 0 Å². The molecule has 0 amide bonds. The van der Waals surface area contributed by atoms with E-state index in [0.717, 1.165) is 19.4 Å². The van der Waals surface area contributed by atoms with Crippen molar-refractivity contribution < 1.29 is 9.53 Å². The minimum absolute atomic E-state index is 0.242. The summed E-state index contributed by atoms with van der Waals surface area (Å²) in [5, 5.41) is 0. The topological polar surface area (TPSA) is 26.3 Å². The number of fused-ring (bicyclic) bond motifs is 1. The molecule has 3 aliphatic rings. The van der Waals surface area contributed by atoms with Crippen molar-refractivity contribution in [3.8, 4) is 0 Å². The molecule has 2 nitrogen and oxygen atoms in total. The third-order valence-electron chi connectivity index (χ3n) is 5.14. The summed E-state index contributed by atoms with van der Waals surface area (Å²) < 4.78 is 6.16. The van der Waals surface area contributed by atoms with Crippen LogP contribution in [-0.2, 0) is 15.1 Å². The third-order valence-corrected chi connectivity index (χ3v) is 5.14. The summed E-state index contributed by atoms with van der Waals surface area (Å²) in [7, 11) is 0. The van der Waals surface area contributed by atoms with Crippen LogP contribution in [0.1, 0.15) is 30.9 Å². The van der Waals surface area contributed by atoms with Gasteiger partial charge in [-0.05, 0) is 36.8 Å². The van der Waals surface area contributed by atoms with E-state index in [4.69, 9.17) is 4.74 Å². The minimum Gasteiger partial charge on any atom is -0.369 e. The van der Waals surface area contributed by atoms with Crippen LogP contribution in [0.5, 0.6) is 0 Å². The lowest BCUT2D eigenvalue weighted by molar-refractivity contribution is -0.191. The summed E-state index contributed by atoms with van der Waals surface area (Å²) in [5.41, 5.74) is 1.67. The highest BCUT2D eigenvalue weighted by Crippen LogP contribution is 2.69. The molecule has 4 rings (SSSR count). The van der Waals surface area contributed by atoms with Gasteiger partial charge in [-0.2, -0.15) is 0 Å². The van der Waals surface area contributed by atoms with Crippen LogP contribution in [0.15, 0.2) is 30.3 Å². The highest BCUT2D eigenvalue weighted by atomic mass is 16.5. The first-order chi connectivity index (χ1) is 8.71. The summed E-state index contributed by atoms with van der Waals surface area (Å²) in [4.78, 5) is 12.2. The molecular weight excluding hydrogens is 224 g/mol. The van der Waals surface area contributed by atoms with Crippen molar-refractivity contribution >= 4 is 11.9 Å². The Morgan fingerprint density at radius 3 is 3.00 bits per heavy atom. The van der Waals surface area contributed by atoms with Gasteiger partial charge in [-0.25, -0.2) is 0 Å². The normalized spacial score (nSPS) is 39.5. The van der Waals surface area contributed by atoms with E-state index in [0.29, 0.717) is 5.92 Å². The molecule has 1 aromatic rings. The largest absolute Gasteiger partial charge is 0.369 e. The van der Waals surface area contributed by atoms with Gasteiger partial charge < -0.3 is 4.74 Å². The first-order valence-corrected chi connectivity index (χ1v) is 6.64. The van der Waals surface area contributed by atoms with Gasteiger partial charge in [0.1, 0.15) is 11.4 Å². The molecule has 1 saturated heterocycles. The summed E-state index contributed by atoms with van der Waals surface area (Å²) in [6.45, 7) is 2.49. The minimum atomic E-state index is -0.400. The Hall–Kier alpha value is -1.41. The Morgan fingerprint density at radius 1 is 1.39 bits per heavy atom. The molecule has 92 valence electrons. The van der Waals surface area contributed by atoms with E-state index < -0.39 is 5.41 Å². The lowest BCUT2D eigenvalue weighted by Gasteiger charge is -2.60. The van der Waals surface area contributed by atoms with E-state index in [1.54, 1.807) is 6.92 Å². The maximum Gasteiger partial charge on any atom is 0.143 e. The van der Waals surface area contributed by atoms with E-state index in [-0.39, 0.29) is 11.4 Å². The fraction of sp³-hybridized carbons (Fsp3) is 0.438. The Labute approximate surface area is 107 Å². The molecule has 1 spiro atoms. The first kappa shape index (κ1) is 10.5. The number of benzene rings is 1. The second-order valence-electron chi connectivity index (χ2n) is 5.72. The third kappa shape index (κ3) is 0.904. The average molecular weight is 240 g/mol. The van der Waals surface area contributed by atoms with Gasteiger partial charge in [-0.1, -0.05) is 36.4 Å². The molecular formula is C16H16O2. The van der Waals surface area contributed by atoms with E-state index in [2.05, 4.69) is 30.4 Å². The Bertz CT molecular complexity index is 574. The van der Waals surface area contributed by atoms with Crippen molar-refractivity contribution in [2.24, 2.45) is 11.3 Å². The lowest BCUT2D eigenvalue weighted by atomic mass is 9.45. The molecule has 2 fully saturated rings. The SMILES string of the molecule is CC(=O)[C@]12C=Cc3ccccc3[C@]13OCC[C@@H]3C2. The molecule has 2 aliphatic carbocycles. The van der Waals surface area contributed by atoms with Crippen molar-refractivity contribution in [2.45, 2.75) is 25.4 Å². The van der Waals surface area contributed by atoms with Gasteiger partial charge in [0.25, 0.3) is 0 Å². The van der Waals surface area contributed by atoms with Gasteiger partial charge in [0.2, 0.25) is 0 Å². The summed E-state index contributed by atoms with van der Waals surface area (Å²) >= 11 is 0. The van der Waals surface area contributed by atoms with E-state index >= 15 is 0 Å². The molecule has 1 heterocycles. The fourth-order valence-electron chi connectivity index (χ4n) is 4.30. The molecule has 0 unspecified atom stereocenters. The standard InChI is InChI=1S/C16H16O2/c1-11(17)15-8-6-12-4-2-3-5-14(12)16(15)13(10-15)7-9-18-16/h2-6,8,13H,7,9-10H2,1H3/t13-,15-,16+/m1/s1. The van der Waals surface area contributed by atoms with Crippen LogP contribution in [-0.4, -0.2) is 12.4 Å². The van der Waals surface area contributed by atoms with Gasteiger partial charge in [0, 0.05) is 6.61 Å². The first-order valence-electron chi connectivity index (χ1n) is 6.64. The number of hydrogen-bond acceptors (Lipinski definition) is 2. The second-order valence-corrected chi connectivity index (χ2v) is 5.72. The second kappa shape index (κ2) is 3.12. The van der Waals surface area contributed by atoms with Crippen LogP contribution < -0.4 is 0 Å². The molecule has 0 bridgehead atoms. The monoisotopic (exact) mass is 240 g/mol. The van der Waals surface area contributed by atoms with Crippen LogP contribution in [0.25, 0.3) is 6.08 Å². The highest BCUT2D eigenvalue weighted by molar-refractivity contribution is 5.91. The van der Waals surface area contributed by atoms with Crippen LogP contribution in [0, 0.1) is 11.3 Å². The maximum absolute atomic E-state index is 12.2. The van der Waals surface area contributed by atoms with E-state index in [1.807, 2.05) is 6.07 Å². The zero-order chi connectivity index (χ0) is 12.4. The van der Waals surface area contributed by atoms with Gasteiger partial charge in [-0.15, -0.1) is 0 Å². The fourth-order valence-corrected chi connectivity index (χ4v) is 4.30. The Kier molecular flexibility index (Phi) is 1.82. The number of rotatable bonds is 1. The zero-order valence-corrected chi connectivity index (χ0v) is 10.5. The molecule has 18 heavy (non-hydrogen) atoms. The van der Waals surface area contributed by atoms with Crippen molar-refractivity contribution in [1.29, 1.82) is 0 Å². The van der Waals surface area contributed by atoms with Crippen LogP contribution in [0.2, 0.25) is 0 Å². The molecule has 0 N–H and O–H groups in total. The Balaban J connectivity index is 2.00. The molecule has 2 heteroatoms. The number of ketones is 1. The van der Waals surface area contributed by atoms with E-state index in [1.165, 1.54) is 11.1 Å². The van der Waals surface area contributed by atoms with Gasteiger partial charge in [-0.3, -0.25) is 4.79 Å². The van der Waals surface area contributed by atoms with Gasteiger partial charge in [0.05, 0.1) is 5.41 Å². The number of hydrogen-bond donors (Lipinski definition) is 0. The van der Waals surface area contributed by atoms with Crippen molar-refractivity contribution in [3.63, 3.8) is 0 Å². The average Bonchev–Trinajstić information content (AvgIpc) is 2.68. The van der Waals surface area contributed by atoms with Crippen LogP contribution >= 0.6 is 0 Å². The van der Waals surface area contributed by atoms with Crippen molar-refractivity contribution in [1.82, 2.24) is 0 Å². The Morgan fingerprint density at radius 2 is 2.22 bits per heavy atom. The van der Waals surface area contributed by atoms with Gasteiger partial charge >= 0.3 is 0 Å². The predicted molar refractivity (Wildman–Crippen MR) is 68.9 cm³/mol. The smallest absolute Gasteiger partial charge is 0.143 e. The molecule has 1 aromatic carbocycles. The molecule has 0 aromatic heterocycles. The van der Waals surface area contributed by atoms with Crippen molar-refractivity contribution in [3.05, 3.63) is 41.5 Å². The number of Topliss-reactive ketones (excluding diaryl/α,β-unsaturated/α-hetero) is 1. The number of carbonyl (C=O) groups excluding carboxylic acids is 1. The molecule has 1 saturated carbocycles. The quantitative estimate of drug-likeness (QED) is 0.754. The predicted octanol–water partition coefficient (Wildman–Crippen LogP) is 2.92. The lowest BCUT2D eigenvalue weighted by Crippen LogP contribution is -2.63. The van der Waals surface area contributed by atoms with Crippen molar-refractivity contribution in [2.75, 3.05) is 6.61 Å².